The van der Waals surface area contributed by atoms with E-state index in [1.807, 2.05) is 0 Å². The molecule has 0 aliphatic rings. The minimum Gasteiger partial charge on any atom is -0.303 e. The summed E-state index contributed by atoms with van der Waals surface area (Å²) in [5.74, 6) is 0. The minimum absolute atomic E-state index is 0.170. The van der Waals surface area contributed by atoms with Gasteiger partial charge in [-0.15, -0.1) is 0 Å². The number of hydrogen-bond donors (Lipinski definition) is 2. The van der Waals surface area contributed by atoms with Crippen LogP contribution in [0.1, 0.15) is 135 Å². The normalized spacial score (nSPS) is 12.0. The Morgan fingerprint density at radius 1 is 0.519 bits per heavy atom. The van der Waals surface area contributed by atoms with Crippen molar-refractivity contribution in [2.45, 2.75) is 135 Å². The van der Waals surface area contributed by atoms with Crippen LogP contribution < -0.4 is 0 Å². The van der Waals surface area contributed by atoms with E-state index >= 15 is 0 Å². The van der Waals surface area contributed by atoms with E-state index in [4.69, 9.17) is 9.79 Å². The van der Waals surface area contributed by atoms with Crippen molar-refractivity contribution in [3.05, 3.63) is 0 Å². The number of hydrogen-bond acceptors (Lipinski definition) is 2. The van der Waals surface area contributed by atoms with Crippen LogP contribution in [-0.4, -0.2) is 16.4 Å². The van der Waals surface area contributed by atoms with Crippen molar-refractivity contribution in [2.75, 3.05) is 6.61 Å². The second kappa shape index (κ2) is 20.8. The van der Waals surface area contributed by atoms with Crippen molar-refractivity contribution in [3.8, 4) is 0 Å². The van der Waals surface area contributed by atoms with Crippen LogP contribution in [0.3, 0.4) is 0 Å². The molecule has 0 aromatic carbocycles. The van der Waals surface area contributed by atoms with E-state index in [0.29, 0.717) is 0 Å². The molecule has 0 radical (unpaired) electrons. The topological polar surface area (TPSA) is 66.8 Å². The maximum atomic E-state index is 10.5. The van der Waals surface area contributed by atoms with Crippen molar-refractivity contribution in [1.29, 1.82) is 0 Å². The predicted octanol–water partition coefficient (Wildman–Crippen LogP) is 7.92. The highest BCUT2D eigenvalue weighted by molar-refractivity contribution is 7.46. The van der Waals surface area contributed by atoms with Gasteiger partial charge in [-0.05, 0) is 6.42 Å². The molecule has 0 aromatic rings. The summed E-state index contributed by atoms with van der Waals surface area (Å²) in [6.07, 6.45) is 26.5. The number of phosphoric acid groups is 1. The predicted molar refractivity (Wildman–Crippen MR) is 116 cm³/mol. The molecular weight excluding hydrogens is 359 g/mol. The zero-order valence-corrected chi connectivity index (χ0v) is 18.9. The van der Waals surface area contributed by atoms with E-state index in [1.165, 1.54) is 109 Å². The fourth-order valence-electron chi connectivity index (χ4n) is 3.54. The Bertz CT molecular complexity index is 330. The molecule has 0 saturated carbocycles. The van der Waals surface area contributed by atoms with Gasteiger partial charge in [0.2, 0.25) is 0 Å². The molecule has 0 aromatic heterocycles. The summed E-state index contributed by atoms with van der Waals surface area (Å²) in [4.78, 5) is 17.1. The summed E-state index contributed by atoms with van der Waals surface area (Å²) in [5, 5.41) is 0. The molecular formula is C22H47O4P. The quantitative estimate of drug-likeness (QED) is 0.141. The van der Waals surface area contributed by atoms with Crippen LogP contribution in [-0.2, 0) is 9.09 Å². The smallest absolute Gasteiger partial charge is 0.303 e. The average Bonchev–Trinajstić information content (AvgIpc) is 2.62. The third kappa shape index (κ3) is 26.1. The van der Waals surface area contributed by atoms with Crippen molar-refractivity contribution in [1.82, 2.24) is 0 Å². The van der Waals surface area contributed by atoms with Crippen LogP contribution in [0.5, 0.6) is 0 Å². The maximum Gasteiger partial charge on any atom is 0.469 e. The summed E-state index contributed by atoms with van der Waals surface area (Å²) < 4.78 is 14.9. The van der Waals surface area contributed by atoms with E-state index in [2.05, 4.69) is 11.4 Å². The van der Waals surface area contributed by atoms with Gasteiger partial charge in [-0.25, -0.2) is 4.57 Å². The third-order valence-electron chi connectivity index (χ3n) is 5.26. The molecule has 0 heterocycles. The molecule has 0 aliphatic heterocycles. The van der Waals surface area contributed by atoms with Gasteiger partial charge < -0.3 is 9.79 Å². The van der Waals surface area contributed by atoms with Crippen LogP contribution in [0.25, 0.3) is 0 Å². The molecule has 4 nitrogen and oxygen atoms in total. The number of unbranched alkanes of at least 4 members (excludes halogenated alkanes) is 19. The Morgan fingerprint density at radius 2 is 0.778 bits per heavy atom. The van der Waals surface area contributed by atoms with Crippen molar-refractivity contribution in [3.63, 3.8) is 0 Å². The first kappa shape index (κ1) is 27.1. The van der Waals surface area contributed by atoms with Gasteiger partial charge in [0.25, 0.3) is 0 Å². The van der Waals surface area contributed by atoms with Gasteiger partial charge in [0.05, 0.1) is 6.61 Å². The Hall–Kier alpha value is 0.110. The van der Waals surface area contributed by atoms with E-state index in [-0.39, 0.29) is 6.61 Å². The monoisotopic (exact) mass is 406 g/mol. The van der Waals surface area contributed by atoms with E-state index in [9.17, 15) is 4.57 Å². The average molecular weight is 407 g/mol. The lowest BCUT2D eigenvalue weighted by atomic mass is 10.0. The summed E-state index contributed by atoms with van der Waals surface area (Å²) in [6, 6.07) is 0. The lowest BCUT2D eigenvalue weighted by molar-refractivity contribution is 0.193. The first-order valence-electron chi connectivity index (χ1n) is 11.8. The maximum absolute atomic E-state index is 10.5. The molecule has 2 N–H and O–H groups in total. The first-order valence-corrected chi connectivity index (χ1v) is 13.3. The fourth-order valence-corrected chi connectivity index (χ4v) is 3.91. The first-order chi connectivity index (χ1) is 13.1. The van der Waals surface area contributed by atoms with E-state index in [0.717, 1.165) is 19.3 Å². The highest BCUT2D eigenvalue weighted by Gasteiger charge is 2.12. The highest BCUT2D eigenvalue weighted by atomic mass is 31.2. The summed E-state index contributed by atoms with van der Waals surface area (Å²) >= 11 is 0. The van der Waals surface area contributed by atoms with Gasteiger partial charge in [0.15, 0.2) is 0 Å². The molecule has 164 valence electrons. The summed E-state index contributed by atoms with van der Waals surface area (Å²) in [6.45, 7) is 2.45. The molecule has 0 atom stereocenters. The fraction of sp³-hybridized carbons (Fsp3) is 1.00. The lowest BCUT2D eigenvalue weighted by Crippen LogP contribution is -1.92. The molecule has 0 rings (SSSR count). The second-order valence-corrected chi connectivity index (χ2v) is 9.28. The molecule has 0 unspecified atom stereocenters. The van der Waals surface area contributed by atoms with Gasteiger partial charge in [0.1, 0.15) is 0 Å². The van der Waals surface area contributed by atoms with E-state index < -0.39 is 7.82 Å². The van der Waals surface area contributed by atoms with Crippen LogP contribution in [0.15, 0.2) is 0 Å². The van der Waals surface area contributed by atoms with Gasteiger partial charge in [-0.1, -0.05) is 129 Å². The molecule has 0 spiro atoms. The molecule has 0 bridgehead atoms. The Kier molecular flexibility index (Phi) is 20.9. The molecule has 0 amide bonds. The van der Waals surface area contributed by atoms with Crippen molar-refractivity contribution < 1.29 is 18.9 Å². The van der Waals surface area contributed by atoms with Crippen molar-refractivity contribution >= 4 is 7.82 Å². The molecule has 5 heteroatoms. The molecule has 27 heavy (non-hydrogen) atoms. The van der Waals surface area contributed by atoms with Gasteiger partial charge in [0, 0.05) is 0 Å². The molecule has 0 saturated heterocycles. The zero-order chi connectivity index (χ0) is 20.1. The standard InChI is InChI=1S/C22H47O4P/c1-2-3-4-5-6-7-8-9-10-11-12-13-14-15-16-17-18-19-20-21-22-26-27(23,24)25/h2-22H2,1H3,(H2,23,24,25). The molecule has 0 fully saturated rings. The largest absolute Gasteiger partial charge is 0.469 e. The van der Waals surface area contributed by atoms with E-state index in [1.54, 1.807) is 0 Å². The number of phosphoric ester groups is 1. The second-order valence-electron chi connectivity index (χ2n) is 8.04. The van der Waals surface area contributed by atoms with Crippen LogP contribution in [0, 0.1) is 0 Å². The summed E-state index contributed by atoms with van der Waals surface area (Å²) in [5.41, 5.74) is 0. The number of rotatable bonds is 22. The molecule has 0 aliphatic carbocycles. The Labute approximate surface area is 169 Å². The zero-order valence-electron chi connectivity index (χ0n) is 18.0. The SMILES string of the molecule is CCCCCCCCCCCCCCCCCCCCCCOP(=O)(O)O. The van der Waals surface area contributed by atoms with Crippen LogP contribution in [0.2, 0.25) is 0 Å². The van der Waals surface area contributed by atoms with Crippen LogP contribution >= 0.6 is 7.82 Å². The minimum atomic E-state index is -4.26. The summed E-state index contributed by atoms with van der Waals surface area (Å²) in [7, 11) is -4.26. The highest BCUT2D eigenvalue weighted by Crippen LogP contribution is 2.35. The van der Waals surface area contributed by atoms with Gasteiger partial charge in [-0.3, -0.25) is 4.52 Å². The Morgan fingerprint density at radius 3 is 1.04 bits per heavy atom. The van der Waals surface area contributed by atoms with Crippen molar-refractivity contribution in [2.24, 2.45) is 0 Å². The van der Waals surface area contributed by atoms with Crippen LogP contribution in [0.4, 0.5) is 0 Å². The third-order valence-corrected chi connectivity index (χ3v) is 5.78. The van der Waals surface area contributed by atoms with Gasteiger partial charge in [-0.2, -0.15) is 0 Å². The Balaban J connectivity index is 3.02. The van der Waals surface area contributed by atoms with Gasteiger partial charge >= 0.3 is 7.82 Å². The lowest BCUT2D eigenvalue weighted by Gasteiger charge is -2.05.